The van der Waals surface area contributed by atoms with E-state index in [0.29, 0.717) is 17.8 Å². The van der Waals surface area contributed by atoms with Gasteiger partial charge in [0.1, 0.15) is 6.54 Å². The van der Waals surface area contributed by atoms with E-state index in [0.717, 1.165) is 23.0 Å². The molecule has 0 saturated heterocycles. The molecule has 0 bridgehead atoms. The molecule has 0 atom stereocenters. The number of carbonyl (C=O) groups excluding carboxylic acids is 1. The molecule has 1 aromatic heterocycles. The number of sulfonamides is 1. The second kappa shape index (κ2) is 7.88. The van der Waals surface area contributed by atoms with Crippen molar-refractivity contribution in [2.45, 2.75) is 24.5 Å². The molecule has 0 fully saturated rings. The Kier molecular flexibility index (Phi) is 5.67. The van der Waals surface area contributed by atoms with Crippen LogP contribution in [-0.4, -0.2) is 31.6 Å². The van der Waals surface area contributed by atoms with Gasteiger partial charge >= 0.3 is 6.18 Å². The van der Waals surface area contributed by atoms with Gasteiger partial charge in [-0.2, -0.15) is 13.2 Å². The third-order valence-corrected chi connectivity index (χ3v) is 5.68. The van der Waals surface area contributed by atoms with Gasteiger partial charge in [0.2, 0.25) is 10.0 Å². The van der Waals surface area contributed by atoms with Crippen molar-refractivity contribution in [3.8, 4) is 0 Å². The minimum absolute atomic E-state index is 0.318. The van der Waals surface area contributed by atoms with Gasteiger partial charge in [-0.05, 0) is 37.3 Å². The largest absolute Gasteiger partial charge is 0.402 e. The van der Waals surface area contributed by atoms with Crippen LogP contribution in [0, 0.1) is 0 Å². The molecule has 1 amide bonds. The van der Waals surface area contributed by atoms with E-state index in [1.807, 2.05) is 35.8 Å². The molecule has 0 aliphatic rings. The number of aryl methyl sites for hydroxylation is 1. The van der Waals surface area contributed by atoms with Crippen LogP contribution in [0.1, 0.15) is 17.3 Å². The SMILES string of the molecule is CCn1cc(C(=O)Nc2ccc(S(=O)(=O)NCC(F)(F)F)cc2)c2ccccc21. The van der Waals surface area contributed by atoms with Crippen LogP contribution in [0.3, 0.4) is 0 Å². The van der Waals surface area contributed by atoms with E-state index >= 15 is 0 Å². The molecule has 0 unspecified atom stereocenters. The maximum absolute atomic E-state index is 12.7. The van der Waals surface area contributed by atoms with Crippen molar-refractivity contribution in [2.75, 3.05) is 11.9 Å². The highest BCUT2D eigenvalue weighted by Gasteiger charge is 2.30. The van der Waals surface area contributed by atoms with E-state index in [2.05, 4.69) is 5.32 Å². The van der Waals surface area contributed by atoms with Crippen LogP contribution in [0.2, 0.25) is 0 Å². The number of rotatable bonds is 6. The molecular weight excluding hydrogens is 407 g/mol. The van der Waals surface area contributed by atoms with Gasteiger partial charge in [0.15, 0.2) is 0 Å². The number of amides is 1. The molecule has 10 heteroatoms. The monoisotopic (exact) mass is 425 g/mol. The second-order valence-corrected chi connectivity index (χ2v) is 8.03. The Bertz CT molecular complexity index is 1140. The number of aromatic nitrogens is 1. The Morgan fingerprint density at radius 1 is 1.07 bits per heavy atom. The molecule has 6 nitrogen and oxygen atoms in total. The number of para-hydroxylation sites is 1. The predicted octanol–water partition coefficient (Wildman–Crippen LogP) is 3.75. The Hall–Kier alpha value is -2.85. The zero-order chi connectivity index (χ0) is 21.2. The first kappa shape index (κ1) is 20.9. The number of hydrogen-bond donors (Lipinski definition) is 2. The van der Waals surface area contributed by atoms with Crippen LogP contribution >= 0.6 is 0 Å². The topological polar surface area (TPSA) is 80.2 Å². The zero-order valence-corrected chi connectivity index (χ0v) is 16.1. The Morgan fingerprint density at radius 2 is 1.72 bits per heavy atom. The normalized spacial score (nSPS) is 12.3. The third kappa shape index (κ3) is 4.77. The summed E-state index contributed by atoms with van der Waals surface area (Å²) in [5, 5.41) is 3.46. The average molecular weight is 425 g/mol. The summed E-state index contributed by atoms with van der Waals surface area (Å²) < 4.78 is 64.0. The minimum Gasteiger partial charge on any atom is -0.347 e. The molecule has 0 saturated carbocycles. The number of nitrogens with zero attached hydrogens (tertiary/aromatic N) is 1. The maximum Gasteiger partial charge on any atom is 0.402 e. The van der Waals surface area contributed by atoms with Crippen LogP contribution in [0.15, 0.2) is 59.6 Å². The molecule has 2 N–H and O–H groups in total. The first-order chi connectivity index (χ1) is 13.6. The zero-order valence-electron chi connectivity index (χ0n) is 15.3. The highest BCUT2D eigenvalue weighted by Crippen LogP contribution is 2.23. The molecular formula is C19H18F3N3O3S. The summed E-state index contributed by atoms with van der Waals surface area (Å²) in [7, 11) is -4.31. The van der Waals surface area contributed by atoms with Crippen molar-refractivity contribution in [1.29, 1.82) is 0 Å². The summed E-state index contributed by atoms with van der Waals surface area (Å²) in [5.74, 6) is -0.376. The van der Waals surface area contributed by atoms with Gasteiger partial charge in [0.05, 0.1) is 10.5 Å². The number of carbonyl (C=O) groups is 1. The van der Waals surface area contributed by atoms with Crippen molar-refractivity contribution < 1.29 is 26.4 Å². The number of halogens is 3. The molecule has 3 aromatic rings. The van der Waals surface area contributed by atoms with Crippen molar-refractivity contribution in [1.82, 2.24) is 9.29 Å². The van der Waals surface area contributed by atoms with Crippen molar-refractivity contribution in [3.05, 3.63) is 60.3 Å². The molecule has 2 aromatic carbocycles. The van der Waals surface area contributed by atoms with Gasteiger partial charge in [-0.25, -0.2) is 13.1 Å². The van der Waals surface area contributed by atoms with Crippen LogP contribution in [0.25, 0.3) is 10.9 Å². The highest BCUT2D eigenvalue weighted by molar-refractivity contribution is 7.89. The maximum atomic E-state index is 12.7. The Balaban J connectivity index is 1.77. The molecule has 0 radical (unpaired) electrons. The lowest BCUT2D eigenvalue weighted by atomic mass is 10.1. The van der Waals surface area contributed by atoms with Gasteiger partial charge in [-0.15, -0.1) is 0 Å². The van der Waals surface area contributed by atoms with Crippen LogP contribution in [-0.2, 0) is 16.6 Å². The number of alkyl halides is 3. The summed E-state index contributed by atoms with van der Waals surface area (Å²) >= 11 is 0. The molecule has 154 valence electrons. The standard InChI is InChI=1S/C19H18F3N3O3S/c1-2-25-11-16(15-5-3-4-6-17(15)25)18(26)24-13-7-9-14(10-8-13)29(27,28)23-12-19(20,21)22/h3-11,23H,2,12H2,1H3,(H,24,26). The van der Waals surface area contributed by atoms with Crippen LogP contribution < -0.4 is 10.0 Å². The van der Waals surface area contributed by atoms with E-state index < -0.39 is 22.7 Å². The molecule has 0 spiro atoms. The summed E-state index contributed by atoms with van der Waals surface area (Å²) in [6.45, 7) is 0.987. The summed E-state index contributed by atoms with van der Waals surface area (Å²) in [5.41, 5.74) is 1.70. The van der Waals surface area contributed by atoms with Crippen molar-refractivity contribution in [2.24, 2.45) is 0 Å². The van der Waals surface area contributed by atoms with Crippen molar-refractivity contribution in [3.63, 3.8) is 0 Å². The second-order valence-electron chi connectivity index (χ2n) is 6.26. The van der Waals surface area contributed by atoms with Crippen LogP contribution in [0.5, 0.6) is 0 Å². The van der Waals surface area contributed by atoms with Gasteiger partial charge in [-0.3, -0.25) is 4.79 Å². The smallest absolute Gasteiger partial charge is 0.347 e. The van der Waals surface area contributed by atoms with Crippen LogP contribution in [0.4, 0.5) is 18.9 Å². The lowest BCUT2D eigenvalue weighted by molar-refractivity contribution is -0.121. The fraction of sp³-hybridized carbons (Fsp3) is 0.211. The van der Waals surface area contributed by atoms with E-state index in [4.69, 9.17) is 0 Å². The number of nitrogens with one attached hydrogen (secondary N) is 2. The third-order valence-electron chi connectivity index (χ3n) is 4.26. The van der Waals surface area contributed by atoms with E-state index in [1.54, 1.807) is 6.20 Å². The van der Waals surface area contributed by atoms with E-state index in [9.17, 15) is 26.4 Å². The van der Waals surface area contributed by atoms with Gasteiger partial charge in [0, 0.05) is 29.3 Å². The fourth-order valence-corrected chi connectivity index (χ4v) is 3.88. The van der Waals surface area contributed by atoms with E-state index in [-0.39, 0.29) is 10.8 Å². The molecule has 1 heterocycles. The minimum atomic E-state index is -4.65. The van der Waals surface area contributed by atoms with E-state index in [1.165, 1.54) is 16.9 Å². The Morgan fingerprint density at radius 3 is 2.34 bits per heavy atom. The molecule has 3 rings (SSSR count). The number of anilines is 1. The average Bonchev–Trinajstić information content (AvgIpc) is 3.05. The van der Waals surface area contributed by atoms with Gasteiger partial charge in [-0.1, -0.05) is 18.2 Å². The van der Waals surface area contributed by atoms with Crippen molar-refractivity contribution >= 4 is 32.5 Å². The number of hydrogen-bond acceptors (Lipinski definition) is 3. The quantitative estimate of drug-likeness (QED) is 0.631. The lowest BCUT2D eigenvalue weighted by Crippen LogP contribution is -2.33. The summed E-state index contributed by atoms with van der Waals surface area (Å²) in [6.07, 6.45) is -2.92. The first-order valence-corrected chi connectivity index (χ1v) is 10.1. The fourth-order valence-electron chi connectivity index (χ4n) is 2.87. The Labute approximate surface area is 165 Å². The number of fused-ring (bicyclic) bond motifs is 1. The van der Waals surface area contributed by atoms with Gasteiger partial charge in [0.25, 0.3) is 5.91 Å². The highest BCUT2D eigenvalue weighted by atomic mass is 32.2. The molecule has 0 aliphatic carbocycles. The predicted molar refractivity (Wildman–Crippen MR) is 103 cm³/mol. The number of benzene rings is 2. The summed E-state index contributed by atoms with van der Waals surface area (Å²) in [4.78, 5) is 12.3. The van der Waals surface area contributed by atoms with Gasteiger partial charge < -0.3 is 9.88 Å². The summed E-state index contributed by atoms with van der Waals surface area (Å²) in [6, 6.07) is 12.3. The first-order valence-electron chi connectivity index (χ1n) is 8.66. The molecule has 29 heavy (non-hydrogen) atoms. The lowest BCUT2D eigenvalue weighted by Gasteiger charge is -2.10. The molecule has 0 aliphatic heterocycles.